The molecule has 0 radical (unpaired) electrons. The van der Waals surface area contributed by atoms with Crippen molar-refractivity contribution in [2.75, 3.05) is 0 Å². The maximum absolute atomic E-state index is 8.88. The fourth-order valence-electron chi connectivity index (χ4n) is 0. The van der Waals surface area contributed by atoms with Gasteiger partial charge in [0.1, 0.15) is 0 Å². The maximum Gasteiger partial charge on any atom is 2.00 e. The summed E-state index contributed by atoms with van der Waals surface area (Å²) in [7, 11) is -4.64. The normalized spacial score (nSPS) is 7.38. The van der Waals surface area contributed by atoms with Crippen LogP contribution in [0.1, 0.15) is 5.71 Å². The summed E-state index contributed by atoms with van der Waals surface area (Å²) >= 11 is 0. The van der Waals surface area contributed by atoms with Crippen LogP contribution < -0.4 is 0 Å². The van der Waals surface area contributed by atoms with Crippen molar-refractivity contribution < 1.29 is 51.2 Å². The molecule has 0 heterocycles. The minimum absolute atomic E-state index is 0. The van der Waals surface area contributed by atoms with E-state index in [1.54, 1.807) is 0 Å². The van der Waals surface area contributed by atoms with Gasteiger partial charge in [-0.05, 0) is 0 Å². The van der Waals surface area contributed by atoms with Crippen LogP contribution in [0.15, 0.2) is 0 Å². The molecule has 44 valence electrons. The van der Waals surface area contributed by atoms with E-state index in [0.717, 1.165) is 0 Å². The Balaban J connectivity index is -0.00000000381. The standard InChI is InChI=1S/Ba.Ca.H3O4P.Zr.4H/c;;1-5(2,3)4;;;;;/h;;(H3,1,2,3,4);;;;;/q2*+2;;;4*-1. The van der Waals surface area contributed by atoms with E-state index in [2.05, 4.69) is 0 Å². The first kappa shape index (κ1) is 22.6. The Hall–Kier alpha value is 3.82. The summed E-state index contributed by atoms with van der Waals surface area (Å²) in [5, 5.41) is 0. The molecule has 0 saturated heterocycles. The molecule has 0 fully saturated rings. The Morgan fingerprint density at radius 3 is 1.25 bits per heavy atom. The van der Waals surface area contributed by atoms with Crippen molar-refractivity contribution in [3.8, 4) is 0 Å². The Labute approximate surface area is 142 Å². The first-order valence-corrected chi connectivity index (χ1v) is 2.35. The van der Waals surface area contributed by atoms with Gasteiger partial charge in [0.05, 0.1) is 0 Å². The van der Waals surface area contributed by atoms with Crippen LogP contribution in [0.25, 0.3) is 0 Å². The molecule has 8 heteroatoms. The minimum Gasteiger partial charge on any atom is -1.00 e. The maximum atomic E-state index is 8.88. The molecule has 0 aromatic carbocycles. The number of hydrogen-bond donors (Lipinski definition) is 3. The molecule has 0 rings (SSSR count). The largest absolute Gasteiger partial charge is 2.00 e. The van der Waals surface area contributed by atoms with Crippen LogP contribution in [0.2, 0.25) is 0 Å². The van der Waals surface area contributed by atoms with Crippen LogP contribution in [0.4, 0.5) is 0 Å². The van der Waals surface area contributed by atoms with Crippen molar-refractivity contribution in [3.05, 3.63) is 0 Å². The van der Waals surface area contributed by atoms with Gasteiger partial charge in [-0.1, -0.05) is 0 Å². The van der Waals surface area contributed by atoms with Crippen molar-refractivity contribution >= 4 is 94.4 Å². The van der Waals surface area contributed by atoms with Crippen LogP contribution in [-0.2, 0) is 30.8 Å². The van der Waals surface area contributed by atoms with Crippen LogP contribution in [0.5, 0.6) is 0 Å². The average Bonchev–Trinajstić information content (AvgIpc) is 0.722. The second kappa shape index (κ2) is 10.8. The molecule has 0 unspecified atom stereocenters. The van der Waals surface area contributed by atoms with Gasteiger partial charge in [0, 0.05) is 26.2 Å². The van der Waals surface area contributed by atoms with Gasteiger partial charge in [0.2, 0.25) is 0 Å². The fourth-order valence-corrected chi connectivity index (χ4v) is 0. The van der Waals surface area contributed by atoms with Gasteiger partial charge in [-0.25, -0.2) is 4.57 Å². The minimum atomic E-state index is -4.64. The first-order chi connectivity index (χ1) is 2.00. The Morgan fingerprint density at radius 1 is 1.25 bits per heavy atom. The molecule has 3 N–H and O–H groups in total. The van der Waals surface area contributed by atoms with E-state index in [-0.39, 0.29) is 119 Å². The molecule has 0 aliphatic rings. The summed E-state index contributed by atoms with van der Waals surface area (Å²) in [6.45, 7) is 0. The van der Waals surface area contributed by atoms with Gasteiger partial charge in [0.15, 0.2) is 0 Å². The molecule has 0 saturated carbocycles. The monoisotopic (exact) mass is 370 g/mol. The summed E-state index contributed by atoms with van der Waals surface area (Å²) in [5.41, 5.74) is 0. The predicted molar refractivity (Wildman–Crippen MR) is 30.2 cm³/mol. The molecule has 8 heavy (non-hydrogen) atoms. The molecular formula is H7BaCaO4PZr. The van der Waals surface area contributed by atoms with Gasteiger partial charge in [0.25, 0.3) is 0 Å². The molecule has 0 aliphatic heterocycles. The smallest absolute Gasteiger partial charge is 1.00 e. The third kappa shape index (κ3) is 52.3. The van der Waals surface area contributed by atoms with Crippen LogP contribution in [-0.4, -0.2) is 101 Å². The molecule has 4 nitrogen and oxygen atoms in total. The van der Waals surface area contributed by atoms with E-state index in [4.69, 9.17) is 19.2 Å². The van der Waals surface area contributed by atoms with Crippen molar-refractivity contribution in [2.45, 2.75) is 0 Å². The summed E-state index contributed by atoms with van der Waals surface area (Å²) in [6.07, 6.45) is 0. The number of rotatable bonds is 0. The van der Waals surface area contributed by atoms with Crippen molar-refractivity contribution in [2.24, 2.45) is 0 Å². The van der Waals surface area contributed by atoms with E-state index >= 15 is 0 Å². The van der Waals surface area contributed by atoms with Crippen molar-refractivity contribution in [3.63, 3.8) is 0 Å². The summed E-state index contributed by atoms with van der Waals surface area (Å²) in [5.74, 6) is 0. The molecule has 0 bridgehead atoms. The molecule has 0 aliphatic carbocycles. The number of hydrogen-bond acceptors (Lipinski definition) is 1. The molecular weight excluding hydrogens is 364 g/mol. The van der Waals surface area contributed by atoms with Crippen LogP contribution in [0.3, 0.4) is 0 Å². The zero-order valence-electron chi connectivity index (χ0n) is 8.11. The molecule has 0 spiro atoms. The second-order valence-electron chi connectivity index (χ2n) is 0.513. The Bertz CT molecular complexity index is 73.2. The Kier molecular flexibility index (Phi) is 30.6. The van der Waals surface area contributed by atoms with E-state index in [9.17, 15) is 0 Å². The molecule has 0 aromatic heterocycles. The van der Waals surface area contributed by atoms with E-state index < -0.39 is 7.82 Å². The molecule has 0 aromatic rings. The topological polar surface area (TPSA) is 77.8 Å². The zero-order valence-corrected chi connectivity index (χ0v) is 14.1. The van der Waals surface area contributed by atoms with Crippen molar-refractivity contribution in [1.29, 1.82) is 0 Å². The van der Waals surface area contributed by atoms with Crippen LogP contribution >= 0.6 is 7.82 Å². The third-order valence-corrected chi connectivity index (χ3v) is 0. The quantitative estimate of drug-likeness (QED) is 0.368. The van der Waals surface area contributed by atoms with Gasteiger partial charge >= 0.3 is 94.4 Å². The van der Waals surface area contributed by atoms with Gasteiger partial charge in [-0.15, -0.1) is 0 Å². The van der Waals surface area contributed by atoms with Crippen molar-refractivity contribution in [1.82, 2.24) is 0 Å². The van der Waals surface area contributed by atoms with Gasteiger partial charge in [-0.2, -0.15) is 0 Å². The summed E-state index contributed by atoms with van der Waals surface area (Å²) in [6, 6.07) is 0. The summed E-state index contributed by atoms with van der Waals surface area (Å²) < 4.78 is 8.88. The SMILES string of the molecule is O=P(O)(O)O.[Ba+2].[Ca+2].[H-].[H-].[H-].[H-].[Zr]. The second-order valence-corrected chi connectivity index (χ2v) is 1.54. The van der Waals surface area contributed by atoms with Gasteiger partial charge in [-0.3, -0.25) is 0 Å². The average molecular weight is 371 g/mol. The van der Waals surface area contributed by atoms with E-state index in [1.165, 1.54) is 0 Å². The Morgan fingerprint density at radius 2 is 1.25 bits per heavy atom. The van der Waals surface area contributed by atoms with Gasteiger partial charge < -0.3 is 20.4 Å². The first-order valence-electron chi connectivity index (χ1n) is 0.783. The van der Waals surface area contributed by atoms with E-state index in [0.29, 0.717) is 0 Å². The molecule has 0 atom stereocenters. The fraction of sp³-hybridized carbons (Fsp3) is 0. The third-order valence-electron chi connectivity index (χ3n) is 0. The number of phosphoric acid groups is 1. The molecule has 0 amide bonds. The van der Waals surface area contributed by atoms with Crippen LogP contribution in [0, 0.1) is 0 Å². The van der Waals surface area contributed by atoms with E-state index in [1.807, 2.05) is 0 Å². The predicted octanol–water partition coefficient (Wildman–Crippen LogP) is -1.24. The zero-order chi connectivity index (χ0) is 4.50. The summed E-state index contributed by atoms with van der Waals surface area (Å²) in [4.78, 5) is 21.6.